The lowest BCUT2D eigenvalue weighted by Gasteiger charge is -2.19. The van der Waals surface area contributed by atoms with E-state index in [1.165, 1.54) is 11.3 Å². The summed E-state index contributed by atoms with van der Waals surface area (Å²) >= 11 is 1.35. The van der Waals surface area contributed by atoms with Crippen molar-refractivity contribution >= 4 is 22.2 Å². The van der Waals surface area contributed by atoms with E-state index in [9.17, 15) is 4.79 Å². The van der Waals surface area contributed by atoms with Gasteiger partial charge in [0.05, 0.1) is 12.1 Å². The van der Waals surface area contributed by atoms with E-state index in [0.29, 0.717) is 10.6 Å². The van der Waals surface area contributed by atoms with E-state index in [2.05, 4.69) is 10.6 Å². The predicted octanol–water partition coefficient (Wildman–Crippen LogP) is 1.95. The van der Waals surface area contributed by atoms with Crippen molar-refractivity contribution in [3.8, 4) is 6.07 Å². The molecule has 2 N–H and O–H groups in total. The first-order chi connectivity index (χ1) is 7.42. The molecule has 0 unspecified atom stereocenters. The molecule has 16 heavy (non-hydrogen) atoms. The summed E-state index contributed by atoms with van der Waals surface area (Å²) in [6, 6.07) is 3.72. The van der Waals surface area contributed by atoms with E-state index in [-0.39, 0.29) is 18.0 Å². The molecule has 1 heterocycles. The van der Waals surface area contributed by atoms with E-state index in [4.69, 9.17) is 5.26 Å². The van der Waals surface area contributed by atoms with Crippen molar-refractivity contribution in [1.82, 2.24) is 5.32 Å². The first kappa shape index (κ1) is 12.7. The van der Waals surface area contributed by atoms with Crippen LogP contribution in [0.25, 0.3) is 0 Å². The van der Waals surface area contributed by atoms with Crippen molar-refractivity contribution in [2.24, 2.45) is 0 Å². The van der Waals surface area contributed by atoms with Gasteiger partial charge in [-0.2, -0.15) is 5.26 Å². The van der Waals surface area contributed by atoms with Crippen molar-refractivity contribution in [2.45, 2.75) is 26.3 Å². The first-order valence-corrected chi connectivity index (χ1v) is 5.83. The highest BCUT2D eigenvalue weighted by molar-refractivity contribution is 7.14. The van der Waals surface area contributed by atoms with Gasteiger partial charge in [-0.05, 0) is 32.2 Å². The van der Waals surface area contributed by atoms with Gasteiger partial charge in [0.25, 0.3) is 0 Å². The van der Waals surface area contributed by atoms with Crippen LogP contribution in [0.3, 0.4) is 0 Å². The molecule has 4 nitrogen and oxygen atoms in total. The molecule has 0 aliphatic heterocycles. The monoisotopic (exact) mass is 237 g/mol. The maximum atomic E-state index is 11.5. The van der Waals surface area contributed by atoms with Gasteiger partial charge < -0.3 is 10.6 Å². The van der Waals surface area contributed by atoms with Gasteiger partial charge in [0, 0.05) is 5.54 Å². The Labute approximate surface area is 99.3 Å². The van der Waals surface area contributed by atoms with Crippen LogP contribution in [0.4, 0.5) is 5.00 Å². The minimum atomic E-state index is -0.131. The van der Waals surface area contributed by atoms with Crippen molar-refractivity contribution in [3.63, 3.8) is 0 Å². The summed E-state index contributed by atoms with van der Waals surface area (Å²) in [4.78, 5) is 11.5. The summed E-state index contributed by atoms with van der Waals surface area (Å²) in [5.74, 6) is -0.131. The fourth-order valence-electron chi connectivity index (χ4n) is 1.01. The molecule has 1 rings (SSSR count). The normalized spacial score (nSPS) is 10.9. The van der Waals surface area contributed by atoms with Gasteiger partial charge in [0.2, 0.25) is 5.91 Å². The fraction of sp³-hybridized carbons (Fsp3) is 0.455. The maximum Gasteiger partial charge on any atom is 0.238 e. The molecule has 0 spiro atoms. The minimum absolute atomic E-state index is 0.0924. The molecule has 0 fully saturated rings. The lowest BCUT2D eigenvalue weighted by atomic mass is 10.1. The number of rotatable bonds is 3. The smallest absolute Gasteiger partial charge is 0.238 e. The Bertz CT molecular complexity index is 412. The van der Waals surface area contributed by atoms with Gasteiger partial charge in [-0.25, -0.2) is 0 Å². The molecule has 0 aromatic carbocycles. The second kappa shape index (κ2) is 5.10. The SMILES string of the molecule is CC(C)(C)NCC(=O)Nc1sccc1C#N. The Morgan fingerprint density at radius 2 is 2.25 bits per heavy atom. The molecule has 1 aromatic rings. The number of nitrogens with one attached hydrogen (secondary N) is 2. The zero-order valence-corrected chi connectivity index (χ0v) is 10.4. The molecular weight excluding hydrogens is 222 g/mol. The highest BCUT2D eigenvalue weighted by Crippen LogP contribution is 2.21. The van der Waals surface area contributed by atoms with E-state index in [1.807, 2.05) is 26.8 Å². The highest BCUT2D eigenvalue weighted by Gasteiger charge is 2.12. The summed E-state index contributed by atoms with van der Waals surface area (Å²) in [6.07, 6.45) is 0. The average molecular weight is 237 g/mol. The third kappa shape index (κ3) is 4.01. The molecule has 0 bridgehead atoms. The summed E-state index contributed by atoms with van der Waals surface area (Å²) in [5.41, 5.74) is 0.416. The molecule has 86 valence electrons. The minimum Gasteiger partial charge on any atom is -0.315 e. The standard InChI is InChI=1S/C11H15N3OS/c1-11(2,3)13-7-9(15)14-10-8(6-12)4-5-16-10/h4-5,13H,7H2,1-3H3,(H,14,15). The second-order valence-corrected chi connectivity index (χ2v) is 5.34. The van der Waals surface area contributed by atoms with Gasteiger partial charge in [-0.1, -0.05) is 0 Å². The van der Waals surface area contributed by atoms with Crippen LogP contribution in [0.1, 0.15) is 26.3 Å². The molecule has 5 heteroatoms. The lowest BCUT2D eigenvalue weighted by Crippen LogP contribution is -2.41. The Hall–Kier alpha value is -1.38. The quantitative estimate of drug-likeness (QED) is 0.844. The zero-order valence-electron chi connectivity index (χ0n) is 9.63. The molecule has 0 saturated heterocycles. The zero-order chi connectivity index (χ0) is 12.2. The molecule has 0 atom stereocenters. The summed E-state index contributed by atoms with van der Waals surface area (Å²) < 4.78 is 0. The van der Waals surface area contributed by atoms with Crippen LogP contribution in [0.2, 0.25) is 0 Å². The van der Waals surface area contributed by atoms with Crippen LogP contribution >= 0.6 is 11.3 Å². The number of hydrogen-bond acceptors (Lipinski definition) is 4. The number of thiophene rings is 1. The number of carbonyl (C=O) groups is 1. The third-order valence-corrected chi connectivity index (χ3v) is 2.65. The van der Waals surface area contributed by atoms with E-state index in [1.54, 1.807) is 11.4 Å². The summed E-state index contributed by atoms with van der Waals surface area (Å²) in [5, 5.41) is 17.0. The number of carbonyl (C=O) groups excluding carboxylic acids is 1. The molecule has 0 saturated carbocycles. The van der Waals surface area contributed by atoms with E-state index < -0.39 is 0 Å². The van der Waals surface area contributed by atoms with Crippen LogP contribution in [0.5, 0.6) is 0 Å². The van der Waals surface area contributed by atoms with Crippen LogP contribution in [0.15, 0.2) is 11.4 Å². The van der Waals surface area contributed by atoms with Gasteiger partial charge in [-0.15, -0.1) is 11.3 Å². The maximum absolute atomic E-state index is 11.5. The van der Waals surface area contributed by atoms with Crippen molar-refractivity contribution in [3.05, 3.63) is 17.0 Å². The molecular formula is C11H15N3OS. The number of nitrogens with zero attached hydrogens (tertiary/aromatic N) is 1. The third-order valence-electron chi connectivity index (χ3n) is 1.82. The number of amides is 1. The number of nitriles is 1. The van der Waals surface area contributed by atoms with Crippen LogP contribution in [0, 0.1) is 11.3 Å². The molecule has 1 aromatic heterocycles. The van der Waals surface area contributed by atoms with Crippen molar-refractivity contribution in [1.29, 1.82) is 5.26 Å². The fourth-order valence-corrected chi connectivity index (χ4v) is 1.76. The van der Waals surface area contributed by atoms with Crippen molar-refractivity contribution < 1.29 is 4.79 Å². The largest absolute Gasteiger partial charge is 0.315 e. The van der Waals surface area contributed by atoms with Gasteiger partial charge >= 0.3 is 0 Å². The van der Waals surface area contributed by atoms with Gasteiger partial charge in [0.15, 0.2) is 0 Å². The van der Waals surface area contributed by atoms with E-state index in [0.717, 1.165) is 0 Å². The van der Waals surface area contributed by atoms with Gasteiger partial charge in [0.1, 0.15) is 11.1 Å². The van der Waals surface area contributed by atoms with Crippen LogP contribution in [-0.4, -0.2) is 18.0 Å². The van der Waals surface area contributed by atoms with Gasteiger partial charge in [-0.3, -0.25) is 4.79 Å². The van der Waals surface area contributed by atoms with E-state index >= 15 is 0 Å². The molecule has 0 radical (unpaired) electrons. The van der Waals surface area contributed by atoms with Crippen molar-refractivity contribution in [2.75, 3.05) is 11.9 Å². The lowest BCUT2D eigenvalue weighted by molar-refractivity contribution is -0.115. The Morgan fingerprint density at radius 1 is 1.56 bits per heavy atom. The molecule has 0 aliphatic carbocycles. The second-order valence-electron chi connectivity index (χ2n) is 4.43. The summed E-state index contributed by atoms with van der Waals surface area (Å²) in [6.45, 7) is 6.22. The average Bonchev–Trinajstić information content (AvgIpc) is 2.61. The highest BCUT2D eigenvalue weighted by atomic mass is 32.1. The van der Waals surface area contributed by atoms with Crippen LogP contribution in [-0.2, 0) is 4.79 Å². The number of hydrogen-bond donors (Lipinski definition) is 2. The topological polar surface area (TPSA) is 64.9 Å². The predicted molar refractivity (Wildman–Crippen MR) is 65.4 cm³/mol. The Morgan fingerprint density at radius 3 is 2.81 bits per heavy atom. The Balaban J connectivity index is 2.50. The van der Waals surface area contributed by atoms with Crippen LogP contribution < -0.4 is 10.6 Å². The Kier molecular flexibility index (Phi) is 4.05. The first-order valence-electron chi connectivity index (χ1n) is 4.95. The molecule has 1 amide bonds. The number of anilines is 1. The molecule has 0 aliphatic rings. The summed E-state index contributed by atoms with van der Waals surface area (Å²) in [7, 11) is 0.